The van der Waals surface area contributed by atoms with Crippen molar-refractivity contribution < 1.29 is 4.79 Å². The Hall–Kier alpha value is -1.35. The van der Waals surface area contributed by atoms with Gasteiger partial charge in [-0.25, -0.2) is 0 Å². The molecular formula is C15H24N2O. The molecular weight excluding hydrogens is 224 g/mol. The Kier molecular flexibility index (Phi) is 6.44. The fourth-order valence-corrected chi connectivity index (χ4v) is 1.88. The average molecular weight is 248 g/mol. The Bertz CT molecular complexity index is 355. The summed E-state index contributed by atoms with van der Waals surface area (Å²) in [6.07, 6.45) is 2.73. The summed E-state index contributed by atoms with van der Waals surface area (Å²) in [6.45, 7) is 5.24. The molecule has 0 aliphatic heterocycles. The van der Waals surface area contributed by atoms with Crippen LogP contribution in [-0.2, 0) is 17.6 Å². The molecule has 0 saturated heterocycles. The van der Waals surface area contributed by atoms with Crippen LogP contribution in [0, 0.1) is 5.92 Å². The van der Waals surface area contributed by atoms with Gasteiger partial charge in [-0.15, -0.1) is 0 Å². The molecule has 0 aromatic heterocycles. The van der Waals surface area contributed by atoms with Crippen molar-refractivity contribution in [1.82, 2.24) is 5.32 Å². The van der Waals surface area contributed by atoms with E-state index >= 15 is 0 Å². The monoisotopic (exact) mass is 248 g/mol. The Balaban J connectivity index is 2.34. The van der Waals surface area contributed by atoms with Crippen LogP contribution in [0.4, 0.5) is 0 Å². The quantitative estimate of drug-likeness (QED) is 0.774. The van der Waals surface area contributed by atoms with Crippen molar-refractivity contribution in [3.8, 4) is 0 Å². The number of nitrogens with two attached hydrogens (primary N) is 1. The Morgan fingerprint density at radius 2 is 1.83 bits per heavy atom. The molecule has 1 aromatic rings. The Labute approximate surface area is 110 Å². The van der Waals surface area contributed by atoms with Crippen molar-refractivity contribution in [1.29, 1.82) is 0 Å². The zero-order valence-corrected chi connectivity index (χ0v) is 11.4. The molecule has 0 saturated carbocycles. The number of nitrogens with one attached hydrogen (secondary N) is 1. The highest BCUT2D eigenvalue weighted by Gasteiger charge is 2.13. The van der Waals surface area contributed by atoms with Gasteiger partial charge in [-0.2, -0.15) is 0 Å². The molecule has 1 unspecified atom stereocenters. The largest absolute Gasteiger partial charge is 0.355 e. The van der Waals surface area contributed by atoms with Gasteiger partial charge in [0.1, 0.15) is 0 Å². The molecule has 3 heteroatoms. The smallest absolute Gasteiger partial charge is 0.224 e. The van der Waals surface area contributed by atoms with Gasteiger partial charge < -0.3 is 11.1 Å². The lowest BCUT2D eigenvalue weighted by atomic mass is 10.1. The van der Waals surface area contributed by atoms with Crippen molar-refractivity contribution >= 4 is 5.91 Å². The van der Waals surface area contributed by atoms with E-state index in [-0.39, 0.29) is 11.8 Å². The van der Waals surface area contributed by atoms with Crippen LogP contribution in [0.25, 0.3) is 0 Å². The molecule has 1 atom stereocenters. The third-order valence-corrected chi connectivity index (χ3v) is 3.29. The summed E-state index contributed by atoms with van der Waals surface area (Å²) >= 11 is 0. The van der Waals surface area contributed by atoms with Crippen LogP contribution in [0.1, 0.15) is 31.4 Å². The molecule has 1 aromatic carbocycles. The molecule has 0 bridgehead atoms. The first-order valence-corrected chi connectivity index (χ1v) is 6.76. The topological polar surface area (TPSA) is 55.1 Å². The van der Waals surface area contributed by atoms with E-state index in [0.717, 1.165) is 19.3 Å². The minimum Gasteiger partial charge on any atom is -0.355 e. The highest BCUT2D eigenvalue weighted by molar-refractivity contribution is 5.78. The second-order valence-electron chi connectivity index (χ2n) is 4.55. The molecule has 0 radical (unpaired) electrons. The fourth-order valence-electron chi connectivity index (χ4n) is 1.88. The maximum absolute atomic E-state index is 11.7. The van der Waals surface area contributed by atoms with E-state index in [1.54, 1.807) is 0 Å². The predicted octanol–water partition coefficient (Wildman–Crippen LogP) is 1.89. The first-order valence-electron chi connectivity index (χ1n) is 6.76. The molecule has 100 valence electrons. The summed E-state index contributed by atoms with van der Waals surface area (Å²) in [4.78, 5) is 11.7. The number of rotatable bonds is 7. The SMILES string of the molecule is CCc1ccc(CCNC(=O)C(CC)CN)cc1. The number of carbonyl (C=O) groups excluding carboxylic acids is 1. The van der Waals surface area contributed by atoms with Crippen LogP contribution < -0.4 is 11.1 Å². The third-order valence-electron chi connectivity index (χ3n) is 3.29. The molecule has 3 N–H and O–H groups in total. The maximum Gasteiger partial charge on any atom is 0.224 e. The van der Waals surface area contributed by atoms with Gasteiger partial charge in [-0.1, -0.05) is 38.1 Å². The number of hydrogen-bond donors (Lipinski definition) is 2. The summed E-state index contributed by atoms with van der Waals surface area (Å²) in [5, 5.41) is 2.94. The lowest BCUT2D eigenvalue weighted by Gasteiger charge is -2.12. The van der Waals surface area contributed by atoms with Crippen molar-refractivity contribution in [2.24, 2.45) is 11.7 Å². The van der Waals surface area contributed by atoms with Crippen LogP contribution in [0.5, 0.6) is 0 Å². The summed E-state index contributed by atoms with van der Waals surface area (Å²) in [6, 6.07) is 8.55. The second-order valence-corrected chi connectivity index (χ2v) is 4.55. The molecule has 18 heavy (non-hydrogen) atoms. The highest BCUT2D eigenvalue weighted by Crippen LogP contribution is 2.05. The van der Waals surface area contributed by atoms with Crippen LogP contribution in [0.3, 0.4) is 0 Å². The van der Waals surface area contributed by atoms with E-state index in [1.165, 1.54) is 11.1 Å². The van der Waals surface area contributed by atoms with Gasteiger partial charge in [-0.05, 0) is 30.4 Å². The zero-order valence-electron chi connectivity index (χ0n) is 11.4. The van der Waals surface area contributed by atoms with E-state index in [2.05, 4.69) is 36.5 Å². The minimum absolute atomic E-state index is 0.0486. The van der Waals surface area contributed by atoms with Crippen molar-refractivity contribution in [3.63, 3.8) is 0 Å². The van der Waals surface area contributed by atoms with Gasteiger partial charge in [0.15, 0.2) is 0 Å². The second kappa shape index (κ2) is 7.88. The third kappa shape index (κ3) is 4.49. The van der Waals surface area contributed by atoms with E-state index in [0.29, 0.717) is 13.1 Å². The van der Waals surface area contributed by atoms with E-state index in [9.17, 15) is 4.79 Å². The van der Waals surface area contributed by atoms with Crippen molar-refractivity contribution in [2.45, 2.75) is 33.1 Å². The summed E-state index contributed by atoms with van der Waals surface area (Å²) < 4.78 is 0. The molecule has 1 amide bonds. The summed E-state index contributed by atoms with van der Waals surface area (Å²) in [5.41, 5.74) is 8.14. The first-order chi connectivity index (χ1) is 8.71. The van der Waals surface area contributed by atoms with Gasteiger partial charge in [0.2, 0.25) is 5.91 Å². The van der Waals surface area contributed by atoms with Gasteiger partial charge in [-0.3, -0.25) is 4.79 Å². The number of benzene rings is 1. The molecule has 0 aliphatic carbocycles. The molecule has 3 nitrogen and oxygen atoms in total. The molecule has 0 aliphatic rings. The number of aryl methyl sites for hydroxylation is 1. The summed E-state index contributed by atoms with van der Waals surface area (Å²) in [5.74, 6) is 0.0256. The number of hydrogen-bond acceptors (Lipinski definition) is 2. The molecule has 0 fully saturated rings. The van der Waals surface area contributed by atoms with E-state index in [4.69, 9.17) is 5.73 Å². The molecule has 0 spiro atoms. The van der Waals surface area contributed by atoms with Gasteiger partial charge in [0.25, 0.3) is 0 Å². The summed E-state index contributed by atoms with van der Waals surface area (Å²) in [7, 11) is 0. The normalized spacial score (nSPS) is 12.2. The predicted molar refractivity (Wildman–Crippen MR) is 75.4 cm³/mol. The fraction of sp³-hybridized carbons (Fsp3) is 0.533. The Morgan fingerprint density at radius 3 is 2.33 bits per heavy atom. The van der Waals surface area contributed by atoms with Crippen molar-refractivity contribution in [3.05, 3.63) is 35.4 Å². The first kappa shape index (κ1) is 14.7. The van der Waals surface area contributed by atoms with Crippen LogP contribution in [-0.4, -0.2) is 19.0 Å². The van der Waals surface area contributed by atoms with Crippen molar-refractivity contribution in [2.75, 3.05) is 13.1 Å². The lowest BCUT2D eigenvalue weighted by molar-refractivity contribution is -0.124. The number of amides is 1. The van der Waals surface area contributed by atoms with Gasteiger partial charge >= 0.3 is 0 Å². The zero-order chi connectivity index (χ0) is 13.4. The van der Waals surface area contributed by atoms with Gasteiger partial charge in [0, 0.05) is 19.0 Å². The average Bonchev–Trinajstić information content (AvgIpc) is 2.41. The Morgan fingerprint density at radius 1 is 1.22 bits per heavy atom. The maximum atomic E-state index is 11.7. The van der Waals surface area contributed by atoms with E-state index < -0.39 is 0 Å². The van der Waals surface area contributed by atoms with E-state index in [1.807, 2.05) is 6.92 Å². The number of carbonyl (C=O) groups is 1. The van der Waals surface area contributed by atoms with Crippen LogP contribution in [0.15, 0.2) is 24.3 Å². The highest BCUT2D eigenvalue weighted by atomic mass is 16.1. The van der Waals surface area contributed by atoms with Crippen LogP contribution >= 0.6 is 0 Å². The minimum atomic E-state index is -0.0486. The molecule has 1 rings (SSSR count). The van der Waals surface area contributed by atoms with Crippen LogP contribution in [0.2, 0.25) is 0 Å². The molecule has 0 heterocycles. The lowest BCUT2D eigenvalue weighted by Crippen LogP contribution is -2.35. The standard InChI is InChI=1S/C15H24N2O/c1-3-12-5-7-13(8-6-12)9-10-17-15(18)14(4-2)11-16/h5-8,14H,3-4,9-11,16H2,1-2H3,(H,17,18). The van der Waals surface area contributed by atoms with Gasteiger partial charge in [0.05, 0.1) is 0 Å².